The molecule has 0 fully saturated rings. The highest BCUT2D eigenvalue weighted by Gasteiger charge is 2.21. The lowest BCUT2D eigenvalue weighted by Crippen LogP contribution is -2.33. The molecule has 0 saturated heterocycles. The number of amides is 1. The molecule has 9 heteroatoms. The summed E-state index contributed by atoms with van der Waals surface area (Å²) in [5, 5.41) is 2.77. The lowest BCUT2D eigenvalue weighted by atomic mass is 10.1. The highest BCUT2D eigenvalue weighted by Crippen LogP contribution is 2.26. The van der Waals surface area contributed by atoms with Crippen molar-refractivity contribution in [2.45, 2.75) is 84.3 Å². The van der Waals surface area contributed by atoms with Crippen LogP contribution in [0.25, 0.3) is 17.1 Å². The van der Waals surface area contributed by atoms with Gasteiger partial charge >= 0.3 is 6.09 Å². The Labute approximate surface area is 281 Å². The summed E-state index contributed by atoms with van der Waals surface area (Å²) in [6.45, 7) is 8.06. The van der Waals surface area contributed by atoms with Crippen molar-refractivity contribution in [1.82, 2.24) is 19.9 Å². The molecule has 48 heavy (non-hydrogen) atoms. The van der Waals surface area contributed by atoms with Crippen LogP contribution >= 0.6 is 0 Å². The molecule has 1 unspecified atom stereocenters. The molecule has 2 N–H and O–H groups in total. The fraction of sp³-hybridized carbons (Fsp3) is 0.359. The predicted octanol–water partition coefficient (Wildman–Crippen LogP) is 8.23. The Morgan fingerprint density at radius 3 is 2.38 bits per heavy atom. The monoisotopic (exact) mass is 652 g/mol. The molecule has 3 aromatic carbocycles. The average molecular weight is 653 g/mol. The predicted molar refractivity (Wildman–Crippen MR) is 187 cm³/mol. The number of imidazole rings is 1. The smallest absolute Gasteiger partial charge is 0.407 e. The van der Waals surface area contributed by atoms with Gasteiger partial charge in [0.2, 0.25) is 0 Å². The van der Waals surface area contributed by atoms with E-state index in [4.69, 9.17) is 14.5 Å². The molecule has 0 bridgehead atoms. The molecule has 8 nitrogen and oxygen atoms in total. The lowest BCUT2D eigenvalue weighted by Gasteiger charge is -2.20. The Kier molecular flexibility index (Phi) is 11.3. The Hall–Kier alpha value is -4.92. The number of carbonyl (C=O) groups is 1. The van der Waals surface area contributed by atoms with Crippen LogP contribution in [0.1, 0.15) is 82.3 Å². The van der Waals surface area contributed by atoms with Crippen molar-refractivity contribution in [1.29, 1.82) is 0 Å². The summed E-state index contributed by atoms with van der Waals surface area (Å²) in [5.74, 6) is 0.292. The van der Waals surface area contributed by atoms with Gasteiger partial charge < -0.3 is 19.8 Å². The van der Waals surface area contributed by atoms with Crippen LogP contribution in [0.5, 0.6) is 5.75 Å². The minimum absolute atomic E-state index is 0.131. The highest BCUT2D eigenvalue weighted by atomic mass is 19.1. The maximum Gasteiger partial charge on any atom is 0.407 e. The molecular weight excluding hydrogens is 607 g/mol. The zero-order valence-corrected chi connectivity index (χ0v) is 28.2. The van der Waals surface area contributed by atoms with Crippen LogP contribution in [-0.4, -0.2) is 38.9 Å². The van der Waals surface area contributed by atoms with Crippen molar-refractivity contribution in [2.75, 3.05) is 6.54 Å². The van der Waals surface area contributed by atoms with Crippen LogP contribution in [-0.2, 0) is 17.6 Å². The van der Waals surface area contributed by atoms with Crippen LogP contribution in [0.15, 0.2) is 89.9 Å². The number of fused-ring (bicyclic) bond motifs is 1. The van der Waals surface area contributed by atoms with Crippen LogP contribution in [0, 0.1) is 5.82 Å². The zero-order chi connectivity index (χ0) is 34.1. The molecule has 0 radical (unpaired) electrons. The number of hydrogen-bond donors (Lipinski definition) is 2. The van der Waals surface area contributed by atoms with Gasteiger partial charge in [0.25, 0.3) is 5.56 Å². The summed E-state index contributed by atoms with van der Waals surface area (Å²) in [6.07, 6.45) is 6.15. The second-order valence-corrected chi connectivity index (χ2v) is 13.1. The molecule has 2 aliphatic heterocycles. The third-order valence-corrected chi connectivity index (χ3v) is 8.04. The van der Waals surface area contributed by atoms with Crippen molar-refractivity contribution < 1.29 is 18.7 Å². The Bertz CT molecular complexity index is 1810. The van der Waals surface area contributed by atoms with E-state index in [9.17, 15) is 9.59 Å². The van der Waals surface area contributed by atoms with E-state index >= 15 is 4.39 Å². The lowest BCUT2D eigenvalue weighted by molar-refractivity contribution is 0.0526. The van der Waals surface area contributed by atoms with E-state index in [0.717, 1.165) is 54.6 Å². The normalized spacial score (nSPS) is 12.2. The van der Waals surface area contributed by atoms with Crippen LogP contribution in [0.4, 0.5) is 9.18 Å². The molecular formula is C39H45FN4O4. The van der Waals surface area contributed by atoms with Crippen molar-refractivity contribution in [2.24, 2.45) is 0 Å². The number of unbranched alkanes of at least 4 members (excludes halogenated alkanes) is 2. The zero-order valence-electron chi connectivity index (χ0n) is 28.2. The molecule has 2 aliphatic rings. The van der Waals surface area contributed by atoms with Crippen LogP contribution in [0.2, 0.25) is 0 Å². The first kappa shape index (κ1) is 34.4. The van der Waals surface area contributed by atoms with Crippen molar-refractivity contribution in [3.63, 3.8) is 0 Å². The largest absolute Gasteiger partial charge is 0.487 e. The van der Waals surface area contributed by atoms with Crippen molar-refractivity contribution in [3.05, 3.63) is 124 Å². The number of hydrogen-bond acceptors (Lipinski definition) is 5. The van der Waals surface area contributed by atoms with Crippen molar-refractivity contribution in [3.8, 4) is 22.8 Å². The van der Waals surface area contributed by atoms with Gasteiger partial charge in [-0.1, -0.05) is 80.1 Å². The van der Waals surface area contributed by atoms with Gasteiger partial charge in [0.15, 0.2) is 17.4 Å². The van der Waals surface area contributed by atoms with Gasteiger partial charge in [-0.05, 0) is 75.3 Å². The van der Waals surface area contributed by atoms with E-state index in [2.05, 4.69) is 10.3 Å². The first-order valence-electron chi connectivity index (χ1n) is 16.7. The maximum atomic E-state index is 15.3. The topological polar surface area (TPSA) is 98.2 Å². The van der Waals surface area contributed by atoms with Gasteiger partial charge in [-0.25, -0.2) is 14.2 Å². The molecule has 1 amide bonds. The molecule has 3 aromatic rings. The molecule has 5 rings (SSSR count). The third kappa shape index (κ3) is 9.33. The Morgan fingerprint density at radius 1 is 0.958 bits per heavy atom. The summed E-state index contributed by atoms with van der Waals surface area (Å²) < 4.78 is 28.2. The van der Waals surface area contributed by atoms with Gasteiger partial charge in [0.1, 0.15) is 11.3 Å². The van der Waals surface area contributed by atoms with E-state index in [1.165, 1.54) is 6.07 Å². The molecule has 0 spiro atoms. The quantitative estimate of drug-likeness (QED) is 0.118. The van der Waals surface area contributed by atoms with E-state index in [-0.39, 0.29) is 23.8 Å². The van der Waals surface area contributed by atoms with E-state index in [1.54, 1.807) is 22.9 Å². The molecule has 0 aliphatic carbocycles. The average Bonchev–Trinajstić information content (AvgIpc) is 3.37. The molecule has 0 aromatic heterocycles. The van der Waals surface area contributed by atoms with Gasteiger partial charge in [-0.3, -0.25) is 9.36 Å². The minimum atomic E-state index is -0.519. The van der Waals surface area contributed by atoms with E-state index < -0.39 is 17.5 Å². The summed E-state index contributed by atoms with van der Waals surface area (Å²) in [6, 6.07) is 24.8. The first-order chi connectivity index (χ1) is 23.1. The highest BCUT2D eigenvalue weighted by molar-refractivity contribution is 5.67. The number of benzene rings is 3. The van der Waals surface area contributed by atoms with Gasteiger partial charge in [0.05, 0.1) is 17.5 Å². The Balaban J connectivity index is 1.24. The van der Waals surface area contributed by atoms with Crippen molar-refractivity contribution >= 4 is 6.09 Å². The SMILES string of the molecule is CCC(CCCCCNC(=O)OC(C)(C)C)Oc1ccc(Cc2nc3c(Cc4ccccc4)[nH]c(-c4ccccc4)cn-3c2=O)cc1F. The molecule has 252 valence electrons. The summed E-state index contributed by atoms with van der Waals surface area (Å²) >= 11 is 0. The molecule has 0 saturated carbocycles. The summed E-state index contributed by atoms with van der Waals surface area (Å²) in [4.78, 5) is 33.7. The number of H-pyrrole nitrogens is 1. The molecule has 1 atom stereocenters. The number of carbonyl (C=O) groups excluding carboxylic acids is 1. The van der Waals surface area contributed by atoms with Gasteiger partial charge in [0, 0.05) is 25.6 Å². The van der Waals surface area contributed by atoms with E-state index in [1.807, 2.05) is 88.4 Å². The molecule has 2 heterocycles. The number of nitrogens with zero attached hydrogens (tertiary/aromatic N) is 2. The standard InChI is InChI=1S/C39H45FN4O4/c1-5-30(19-13-8-14-22-41-38(46)48-39(2,3)4)47-35-21-20-28(23-31(35)40)25-33-37(45)44-26-34(29-17-11-7-12-18-29)42-32(36(44)43-33)24-27-15-9-6-10-16-27/h6-7,9-12,15-18,20-21,23,26,30,42H,5,8,13-14,19,22,24-25H2,1-4H3,(H,41,46). The van der Waals surface area contributed by atoms with Crippen LogP contribution < -0.4 is 15.6 Å². The summed E-state index contributed by atoms with van der Waals surface area (Å²) in [7, 11) is 0. The van der Waals surface area contributed by atoms with Gasteiger partial charge in [-0.2, -0.15) is 0 Å². The number of aromatic amines is 1. The number of nitrogens with one attached hydrogen (secondary N) is 2. The van der Waals surface area contributed by atoms with Crippen LogP contribution in [0.3, 0.4) is 0 Å². The fourth-order valence-electron chi connectivity index (χ4n) is 5.63. The first-order valence-corrected chi connectivity index (χ1v) is 16.7. The Morgan fingerprint density at radius 2 is 1.69 bits per heavy atom. The second kappa shape index (κ2) is 15.8. The fourth-order valence-corrected chi connectivity index (χ4v) is 5.63. The number of aromatic nitrogens is 3. The summed E-state index contributed by atoms with van der Waals surface area (Å²) in [5.41, 5.74) is 3.94. The third-order valence-electron chi connectivity index (χ3n) is 8.04. The number of halogens is 1. The number of rotatable bonds is 14. The number of ether oxygens (including phenoxy) is 2. The number of alkyl carbamates (subject to hydrolysis) is 1. The van der Waals surface area contributed by atoms with E-state index in [0.29, 0.717) is 30.0 Å². The maximum absolute atomic E-state index is 15.3. The van der Waals surface area contributed by atoms with Gasteiger partial charge in [-0.15, -0.1) is 0 Å². The minimum Gasteiger partial charge on any atom is -0.487 e. The second-order valence-electron chi connectivity index (χ2n) is 13.1.